The lowest BCUT2D eigenvalue weighted by Gasteiger charge is -2.30. The first kappa shape index (κ1) is 14.2. The molecule has 0 saturated heterocycles. The number of rotatable bonds is 5. The minimum atomic E-state index is 0.150. The standard InChI is InChI=1S/C15H26N2/c1-11-8-12(2)14(13(3)9-11)15(4,5)10-17-7-6-16/h8-9,17H,6-7,10,16H2,1-5H3. The van der Waals surface area contributed by atoms with Crippen LogP contribution >= 0.6 is 0 Å². The third-order valence-corrected chi connectivity index (χ3v) is 3.24. The van der Waals surface area contributed by atoms with Gasteiger partial charge in [0.2, 0.25) is 0 Å². The van der Waals surface area contributed by atoms with Gasteiger partial charge in [0.1, 0.15) is 0 Å². The fraction of sp³-hybridized carbons (Fsp3) is 0.600. The molecule has 2 heteroatoms. The fourth-order valence-corrected chi connectivity index (χ4v) is 2.84. The van der Waals surface area contributed by atoms with Crippen molar-refractivity contribution in [1.82, 2.24) is 5.32 Å². The average Bonchev–Trinajstić information content (AvgIpc) is 2.15. The third-order valence-electron chi connectivity index (χ3n) is 3.24. The molecule has 0 spiro atoms. The van der Waals surface area contributed by atoms with Gasteiger partial charge in [-0.2, -0.15) is 0 Å². The minimum absolute atomic E-state index is 0.150. The van der Waals surface area contributed by atoms with E-state index in [0.717, 1.165) is 13.1 Å². The first-order valence-corrected chi connectivity index (χ1v) is 6.37. The molecule has 1 aromatic carbocycles. The summed E-state index contributed by atoms with van der Waals surface area (Å²) in [6.07, 6.45) is 0. The monoisotopic (exact) mass is 234 g/mol. The summed E-state index contributed by atoms with van der Waals surface area (Å²) in [4.78, 5) is 0. The molecule has 1 rings (SSSR count). The molecule has 0 radical (unpaired) electrons. The Balaban J connectivity index is 2.97. The predicted molar refractivity (Wildman–Crippen MR) is 75.6 cm³/mol. The van der Waals surface area contributed by atoms with Crippen molar-refractivity contribution in [3.8, 4) is 0 Å². The van der Waals surface area contributed by atoms with E-state index in [0.29, 0.717) is 6.54 Å². The summed E-state index contributed by atoms with van der Waals surface area (Å²) in [5.74, 6) is 0. The van der Waals surface area contributed by atoms with E-state index in [-0.39, 0.29) is 5.41 Å². The highest BCUT2D eigenvalue weighted by molar-refractivity contribution is 5.42. The van der Waals surface area contributed by atoms with E-state index in [2.05, 4.69) is 52.1 Å². The highest BCUT2D eigenvalue weighted by Crippen LogP contribution is 2.29. The molecule has 0 heterocycles. The molecule has 0 amide bonds. The van der Waals surface area contributed by atoms with Gasteiger partial charge >= 0.3 is 0 Å². The lowest BCUT2D eigenvalue weighted by Crippen LogP contribution is -2.36. The molecule has 0 aliphatic rings. The van der Waals surface area contributed by atoms with E-state index in [9.17, 15) is 0 Å². The van der Waals surface area contributed by atoms with Gasteiger partial charge in [-0.3, -0.25) is 0 Å². The van der Waals surface area contributed by atoms with Gasteiger partial charge in [0.15, 0.2) is 0 Å². The minimum Gasteiger partial charge on any atom is -0.329 e. The number of nitrogens with two attached hydrogens (primary N) is 1. The molecule has 0 bridgehead atoms. The number of hydrogen-bond donors (Lipinski definition) is 2. The second-order valence-corrected chi connectivity index (χ2v) is 5.62. The summed E-state index contributed by atoms with van der Waals surface area (Å²) in [7, 11) is 0. The van der Waals surface area contributed by atoms with Crippen LogP contribution in [0.15, 0.2) is 12.1 Å². The fourth-order valence-electron chi connectivity index (χ4n) is 2.84. The Morgan fingerprint density at radius 1 is 1.12 bits per heavy atom. The zero-order chi connectivity index (χ0) is 13.1. The topological polar surface area (TPSA) is 38.0 Å². The maximum atomic E-state index is 5.51. The number of benzene rings is 1. The second-order valence-electron chi connectivity index (χ2n) is 5.62. The Morgan fingerprint density at radius 3 is 2.12 bits per heavy atom. The van der Waals surface area contributed by atoms with Crippen LogP contribution < -0.4 is 11.1 Å². The molecule has 17 heavy (non-hydrogen) atoms. The van der Waals surface area contributed by atoms with E-state index < -0.39 is 0 Å². The number of hydrogen-bond acceptors (Lipinski definition) is 2. The van der Waals surface area contributed by atoms with Crippen LogP contribution in [-0.2, 0) is 5.41 Å². The highest BCUT2D eigenvalue weighted by atomic mass is 14.9. The van der Waals surface area contributed by atoms with Crippen molar-refractivity contribution in [2.45, 2.75) is 40.0 Å². The normalized spacial score (nSPS) is 11.9. The van der Waals surface area contributed by atoms with Crippen LogP contribution in [-0.4, -0.2) is 19.6 Å². The third kappa shape index (κ3) is 3.55. The Kier molecular flexibility index (Phi) is 4.72. The van der Waals surface area contributed by atoms with Gasteiger partial charge in [-0.15, -0.1) is 0 Å². The van der Waals surface area contributed by atoms with Gasteiger partial charge in [0.25, 0.3) is 0 Å². The Labute approximate surface area is 106 Å². The van der Waals surface area contributed by atoms with E-state index >= 15 is 0 Å². The van der Waals surface area contributed by atoms with Crippen molar-refractivity contribution in [2.75, 3.05) is 19.6 Å². The maximum absolute atomic E-state index is 5.51. The van der Waals surface area contributed by atoms with Gasteiger partial charge in [0.05, 0.1) is 0 Å². The number of nitrogens with one attached hydrogen (secondary N) is 1. The molecule has 0 fully saturated rings. The van der Waals surface area contributed by atoms with E-state index in [4.69, 9.17) is 5.73 Å². The summed E-state index contributed by atoms with van der Waals surface area (Å²) in [5.41, 5.74) is 11.3. The van der Waals surface area contributed by atoms with Crippen molar-refractivity contribution in [3.63, 3.8) is 0 Å². The summed E-state index contributed by atoms with van der Waals surface area (Å²) in [6, 6.07) is 4.54. The van der Waals surface area contributed by atoms with Crippen molar-refractivity contribution in [3.05, 3.63) is 34.4 Å². The summed E-state index contributed by atoms with van der Waals surface area (Å²) >= 11 is 0. The van der Waals surface area contributed by atoms with Crippen molar-refractivity contribution >= 4 is 0 Å². The molecule has 0 aromatic heterocycles. The van der Waals surface area contributed by atoms with Gasteiger partial charge in [-0.25, -0.2) is 0 Å². The Bertz CT molecular complexity index is 358. The molecular formula is C15H26N2. The zero-order valence-corrected chi connectivity index (χ0v) is 11.9. The largest absolute Gasteiger partial charge is 0.329 e. The van der Waals surface area contributed by atoms with E-state index in [1.165, 1.54) is 22.3 Å². The van der Waals surface area contributed by atoms with Crippen LogP contribution in [0.5, 0.6) is 0 Å². The van der Waals surface area contributed by atoms with E-state index in [1.807, 2.05) is 0 Å². The molecule has 0 atom stereocenters. The summed E-state index contributed by atoms with van der Waals surface area (Å²) in [5, 5.41) is 3.42. The lowest BCUT2D eigenvalue weighted by molar-refractivity contribution is 0.469. The van der Waals surface area contributed by atoms with Gasteiger partial charge in [-0.1, -0.05) is 31.5 Å². The van der Waals surface area contributed by atoms with Crippen molar-refractivity contribution in [1.29, 1.82) is 0 Å². The molecule has 96 valence electrons. The molecule has 1 aromatic rings. The zero-order valence-electron chi connectivity index (χ0n) is 11.9. The molecule has 0 aliphatic carbocycles. The summed E-state index contributed by atoms with van der Waals surface area (Å²) in [6.45, 7) is 13.7. The maximum Gasteiger partial charge on any atom is 0.00748 e. The van der Waals surface area contributed by atoms with Crippen LogP contribution in [0.2, 0.25) is 0 Å². The molecular weight excluding hydrogens is 208 g/mol. The molecule has 0 aliphatic heterocycles. The first-order chi connectivity index (χ1) is 7.88. The van der Waals surface area contributed by atoms with Crippen LogP contribution in [0.1, 0.15) is 36.1 Å². The number of aryl methyl sites for hydroxylation is 3. The van der Waals surface area contributed by atoms with Crippen molar-refractivity contribution < 1.29 is 0 Å². The molecule has 3 N–H and O–H groups in total. The van der Waals surface area contributed by atoms with E-state index in [1.54, 1.807) is 0 Å². The second kappa shape index (κ2) is 5.65. The SMILES string of the molecule is Cc1cc(C)c(C(C)(C)CNCCN)c(C)c1. The Morgan fingerprint density at radius 2 is 1.65 bits per heavy atom. The lowest BCUT2D eigenvalue weighted by atomic mass is 9.79. The van der Waals surface area contributed by atoms with Gasteiger partial charge in [0, 0.05) is 25.0 Å². The summed E-state index contributed by atoms with van der Waals surface area (Å²) < 4.78 is 0. The molecule has 0 unspecified atom stereocenters. The van der Waals surface area contributed by atoms with Crippen LogP contribution in [0.25, 0.3) is 0 Å². The quantitative estimate of drug-likeness (QED) is 0.768. The van der Waals surface area contributed by atoms with Gasteiger partial charge < -0.3 is 11.1 Å². The molecule has 2 nitrogen and oxygen atoms in total. The van der Waals surface area contributed by atoms with Gasteiger partial charge in [-0.05, 0) is 37.5 Å². The van der Waals surface area contributed by atoms with Crippen LogP contribution in [0.3, 0.4) is 0 Å². The van der Waals surface area contributed by atoms with Crippen LogP contribution in [0, 0.1) is 20.8 Å². The predicted octanol–water partition coefficient (Wildman–Crippen LogP) is 2.44. The Hall–Kier alpha value is -0.860. The smallest absolute Gasteiger partial charge is 0.00748 e. The highest BCUT2D eigenvalue weighted by Gasteiger charge is 2.23. The van der Waals surface area contributed by atoms with Crippen molar-refractivity contribution in [2.24, 2.45) is 5.73 Å². The average molecular weight is 234 g/mol. The molecule has 0 saturated carbocycles. The first-order valence-electron chi connectivity index (χ1n) is 6.37. The van der Waals surface area contributed by atoms with Crippen LogP contribution in [0.4, 0.5) is 0 Å².